The second kappa shape index (κ2) is 8.00. The molecule has 2 N–H and O–H groups in total. The van der Waals surface area contributed by atoms with Crippen molar-refractivity contribution in [2.75, 3.05) is 0 Å². The molecule has 142 valence electrons. The number of hydrogen-bond donors (Lipinski definition) is 1. The lowest BCUT2D eigenvalue weighted by Crippen LogP contribution is -2.12. The van der Waals surface area contributed by atoms with Crippen LogP contribution in [0.25, 0.3) is 11.3 Å². The van der Waals surface area contributed by atoms with E-state index in [1.54, 1.807) is 30.5 Å². The van der Waals surface area contributed by atoms with Crippen LogP contribution in [-0.2, 0) is 6.61 Å². The smallest absolute Gasteiger partial charge is 0.248 e. The summed E-state index contributed by atoms with van der Waals surface area (Å²) in [5.41, 5.74) is 9.04. The number of nitrogens with zero attached hydrogens (tertiary/aromatic N) is 1. The van der Waals surface area contributed by atoms with Crippen LogP contribution in [0.5, 0.6) is 5.75 Å². The summed E-state index contributed by atoms with van der Waals surface area (Å²) in [5, 5.41) is 0. The van der Waals surface area contributed by atoms with Crippen LogP contribution < -0.4 is 10.5 Å². The fraction of sp³-hybridized carbons (Fsp3) is 0.136. The molecule has 0 aliphatic rings. The minimum Gasteiger partial charge on any atom is -0.489 e. The Bertz CT molecular complexity index is 1060. The fourth-order valence-corrected chi connectivity index (χ4v) is 2.86. The molecule has 6 heteroatoms. The van der Waals surface area contributed by atoms with Gasteiger partial charge in [0.1, 0.15) is 18.2 Å². The van der Waals surface area contributed by atoms with Crippen molar-refractivity contribution in [3.05, 3.63) is 82.8 Å². The van der Waals surface area contributed by atoms with Gasteiger partial charge in [-0.15, -0.1) is 0 Å². The first-order chi connectivity index (χ1) is 13.3. The third-order valence-electron chi connectivity index (χ3n) is 4.34. The zero-order valence-electron chi connectivity index (χ0n) is 15.5. The van der Waals surface area contributed by atoms with E-state index in [-0.39, 0.29) is 18.0 Å². The van der Waals surface area contributed by atoms with Crippen molar-refractivity contribution in [2.24, 2.45) is 5.73 Å². The lowest BCUT2D eigenvalue weighted by Gasteiger charge is -2.10. The third-order valence-corrected chi connectivity index (χ3v) is 4.34. The summed E-state index contributed by atoms with van der Waals surface area (Å²) in [6.07, 6.45) is 1.66. The van der Waals surface area contributed by atoms with Crippen LogP contribution in [0.1, 0.15) is 38.8 Å². The molecule has 1 aromatic heterocycles. The predicted octanol–water partition coefficient (Wildman–Crippen LogP) is 4.08. The van der Waals surface area contributed by atoms with Crippen molar-refractivity contribution >= 4 is 11.7 Å². The summed E-state index contributed by atoms with van der Waals surface area (Å²) in [6.45, 7) is 3.34. The number of amides is 1. The Balaban J connectivity index is 1.77. The molecule has 3 aromatic rings. The topological polar surface area (TPSA) is 82.3 Å². The number of rotatable bonds is 6. The normalized spacial score (nSPS) is 10.5. The lowest BCUT2D eigenvalue weighted by atomic mass is 10.0. The first-order valence-electron chi connectivity index (χ1n) is 8.64. The molecule has 2 aromatic carbocycles. The number of ketones is 1. The van der Waals surface area contributed by atoms with E-state index < -0.39 is 11.7 Å². The van der Waals surface area contributed by atoms with E-state index in [4.69, 9.17) is 10.5 Å². The maximum atomic E-state index is 13.9. The van der Waals surface area contributed by atoms with Crippen LogP contribution in [0, 0.1) is 12.7 Å². The van der Waals surface area contributed by atoms with E-state index in [9.17, 15) is 14.0 Å². The summed E-state index contributed by atoms with van der Waals surface area (Å²) < 4.78 is 19.5. The van der Waals surface area contributed by atoms with Gasteiger partial charge in [0.15, 0.2) is 5.78 Å². The van der Waals surface area contributed by atoms with Gasteiger partial charge in [-0.1, -0.05) is 6.07 Å². The van der Waals surface area contributed by atoms with Gasteiger partial charge in [0, 0.05) is 23.4 Å². The third kappa shape index (κ3) is 4.23. The Morgan fingerprint density at radius 3 is 2.46 bits per heavy atom. The average Bonchev–Trinajstić information content (AvgIpc) is 2.66. The molecule has 0 saturated heterocycles. The first-order valence-corrected chi connectivity index (χ1v) is 8.64. The van der Waals surface area contributed by atoms with Crippen LogP contribution in [0.4, 0.5) is 4.39 Å². The van der Waals surface area contributed by atoms with E-state index in [1.807, 2.05) is 19.1 Å². The molecule has 0 atom stereocenters. The zero-order valence-corrected chi connectivity index (χ0v) is 15.5. The van der Waals surface area contributed by atoms with Crippen molar-refractivity contribution in [1.82, 2.24) is 4.98 Å². The molecule has 0 radical (unpaired) electrons. The van der Waals surface area contributed by atoms with Gasteiger partial charge in [0.25, 0.3) is 0 Å². The van der Waals surface area contributed by atoms with E-state index in [0.29, 0.717) is 11.3 Å². The molecule has 0 fully saturated rings. The maximum absolute atomic E-state index is 13.9. The number of aromatic nitrogens is 1. The maximum Gasteiger partial charge on any atom is 0.248 e. The average molecular weight is 378 g/mol. The van der Waals surface area contributed by atoms with Crippen LogP contribution in [0.3, 0.4) is 0 Å². The van der Waals surface area contributed by atoms with Crippen LogP contribution in [0.15, 0.2) is 54.7 Å². The molecule has 0 unspecified atom stereocenters. The molecule has 28 heavy (non-hydrogen) atoms. The number of carbonyl (C=O) groups excluding carboxylic acids is 2. The lowest BCUT2D eigenvalue weighted by molar-refractivity contribution is 0.0994. The highest BCUT2D eigenvalue weighted by atomic mass is 19.1. The highest BCUT2D eigenvalue weighted by molar-refractivity contribution is 5.95. The van der Waals surface area contributed by atoms with Crippen LogP contribution >= 0.6 is 0 Å². The zero-order chi connectivity index (χ0) is 20.3. The van der Waals surface area contributed by atoms with Gasteiger partial charge < -0.3 is 10.5 Å². The van der Waals surface area contributed by atoms with Gasteiger partial charge in [-0.25, -0.2) is 4.39 Å². The number of pyridine rings is 1. The molecular weight excluding hydrogens is 359 g/mol. The second-order valence-electron chi connectivity index (χ2n) is 6.43. The summed E-state index contributed by atoms with van der Waals surface area (Å²) in [4.78, 5) is 27.0. The molecule has 1 amide bonds. The van der Waals surface area contributed by atoms with Gasteiger partial charge in [-0.05, 0) is 61.4 Å². The van der Waals surface area contributed by atoms with Crippen LogP contribution in [0.2, 0.25) is 0 Å². The fourth-order valence-electron chi connectivity index (χ4n) is 2.86. The minimum absolute atomic E-state index is 0.0355. The van der Waals surface area contributed by atoms with Crippen molar-refractivity contribution in [2.45, 2.75) is 20.5 Å². The van der Waals surface area contributed by atoms with E-state index in [2.05, 4.69) is 4.98 Å². The standard InChI is InChI=1S/C22H19FN2O3/c1-13-9-16(3-5-18(13)22(24)27)21-10-15(7-8-25-21)12-28-17-4-6-19(14(2)26)20(23)11-17/h3-11H,12H2,1-2H3,(H2,24,27). The van der Waals surface area contributed by atoms with Gasteiger partial charge >= 0.3 is 0 Å². The summed E-state index contributed by atoms with van der Waals surface area (Å²) in [7, 11) is 0. The van der Waals surface area contributed by atoms with Crippen molar-refractivity contribution in [3.63, 3.8) is 0 Å². The molecular formula is C22H19FN2O3. The highest BCUT2D eigenvalue weighted by Crippen LogP contribution is 2.23. The first kappa shape index (κ1) is 19.2. The number of ether oxygens (including phenoxy) is 1. The molecule has 1 heterocycles. The second-order valence-corrected chi connectivity index (χ2v) is 6.43. The Labute approximate surface area is 162 Å². The number of aryl methyl sites for hydroxylation is 1. The molecule has 0 aliphatic heterocycles. The van der Waals surface area contributed by atoms with Gasteiger partial charge in [-0.2, -0.15) is 0 Å². The molecule has 0 saturated carbocycles. The number of Topliss-reactive ketones (excluding diaryl/α,β-unsaturated/α-hetero) is 1. The van der Waals surface area contributed by atoms with Gasteiger partial charge in [0.2, 0.25) is 5.91 Å². The van der Waals surface area contributed by atoms with Crippen LogP contribution in [-0.4, -0.2) is 16.7 Å². The summed E-state index contributed by atoms with van der Waals surface area (Å²) >= 11 is 0. The largest absolute Gasteiger partial charge is 0.489 e. The minimum atomic E-state index is -0.606. The summed E-state index contributed by atoms with van der Waals surface area (Å²) in [5.74, 6) is -1.07. The number of benzene rings is 2. The number of hydrogen-bond acceptors (Lipinski definition) is 4. The highest BCUT2D eigenvalue weighted by Gasteiger charge is 2.10. The summed E-state index contributed by atoms with van der Waals surface area (Å²) in [6, 6.07) is 13.1. The predicted molar refractivity (Wildman–Crippen MR) is 104 cm³/mol. The van der Waals surface area contributed by atoms with Crippen molar-refractivity contribution in [3.8, 4) is 17.0 Å². The number of carbonyl (C=O) groups is 2. The Hall–Kier alpha value is -3.54. The van der Waals surface area contributed by atoms with E-state index in [0.717, 1.165) is 22.4 Å². The number of primary amides is 1. The Morgan fingerprint density at radius 2 is 1.82 bits per heavy atom. The van der Waals surface area contributed by atoms with Crippen molar-refractivity contribution in [1.29, 1.82) is 0 Å². The molecule has 5 nitrogen and oxygen atoms in total. The molecule has 0 aliphatic carbocycles. The van der Waals surface area contributed by atoms with Crippen molar-refractivity contribution < 1.29 is 18.7 Å². The van der Waals surface area contributed by atoms with E-state index in [1.165, 1.54) is 19.1 Å². The molecule has 0 spiro atoms. The molecule has 3 rings (SSSR count). The monoisotopic (exact) mass is 378 g/mol. The Morgan fingerprint density at radius 1 is 1.07 bits per heavy atom. The number of halogens is 1. The quantitative estimate of drug-likeness (QED) is 0.655. The van der Waals surface area contributed by atoms with E-state index >= 15 is 0 Å². The van der Waals surface area contributed by atoms with Gasteiger partial charge in [0.05, 0.1) is 11.3 Å². The molecule has 0 bridgehead atoms. The Kier molecular flexibility index (Phi) is 5.49. The SMILES string of the molecule is CC(=O)c1ccc(OCc2ccnc(-c3ccc(C(N)=O)c(C)c3)c2)cc1F. The number of nitrogens with two attached hydrogens (primary N) is 1. The van der Waals surface area contributed by atoms with Gasteiger partial charge in [-0.3, -0.25) is 14.6 Å².